The van der Waals surface area contributed by atoms with E-state index in [2.05, 4.69) is 15.3 Å². The zero-order chi connectivity index (χ0) is 15.5. The van der Waals surface area contributed by atoms with Crippen LogP contribution in [0.5, 0.6) is 0 Å². The SMILES string of the molecule is N=C(N)c1ccc2cc(C(=O)Nc3cncnc3)ccc2c1. The topological polar surface area (TPSA) is 105 Å². The second kappa shape index (κ2) is 5.61. The lowest BCUT2D eigenvalue weighted by Gasteiger charge is -2.06. The maximum absolute atomic E-state index is 12.2. The number of rotatable bonds is 3. The van der Waals surface area contributed by atoms with E-state index in [1.54, 1.807) is 18.2 Å². The summed E-state index contributed by atoms with van der Waals surface area (Å²) in [5, 5.41) is 12.0. The molecule has 0 aliphatic heterocycles. The predicted molar refractivity (Wildman–Crippen MR) is 84.9 cm³/mol. The van der Waals surface area contributed by atoms with Crippen molar-refractivity contribution in [3.05, 3.63) is 66.2 Å². The van der Waals surface area contributed by atoms with E-state index in [0.717, 1.165) is 10.8 Å². The Kier molecular flexibility index (Phi) is 3.49. The Balaban J connectivity index is 1.90. The number of fused-ring (bicyclic) bond motifs is 1. The quantitative estimate of drug-likeness (QED) is 0.508. The number of nitrogens with two attached hydrogens (primary N) is 1. The van der Waals surface area contributed by atoms with E-state index < -0.39 is 0 Å². The molecule has 2 aromatic carbocycles. The second-order valence-electron chi connectivity index (χ2n) is 4.77. The van der Waals surface area contributed by atoms with Crippen molar-refractivity contribution in [2.45, 2.75) is 0 Å². The van der Waals surface area contributed by atoms with Crippen molar-refractivity contribution in [1.82, 2.24) is 9.97 Å². The maximum atomic E-state index is 12.2. The molecule has 0 spiro atoms. The van der Waals surface area contributed by atoms with Crippen LogP contribution in [0.1, 0.15) is 15.9 Å². The van der Waals surface area contributed by atoms with Gasteiger partial charge in [-0.25, -0.2) is 9.97 Å². The van der Waals surface area contributed by atoms with Gasteiger partial charge in [0.05, 0.1) is 18.1 Å². The fraction of sp³-hybridized carbons (Fsp3) is 0. The standard InChI is InChI=1S/C16H13N5O/c17-15(18)12-3-1-11-6-13(4-2-10(11)5-12)16(22)21-14-7-19-9-20-8-14/h1-9H,(H3,17,18)(H,21,22). The molecule has 0 radical (unpaired) electrons. The molecule has 3 rings (SSSR count). The number of benzene rings is 2. The highest BCUT2D eigenvalue weighted by molar-refractivity contribution is 6.07. The number of carbonyl (C=O) groups excluding carboxylic acids is 1. The molecule has 1 aromatic heterocycles. The maximum Gasteiger partial charge on any atom is 0.255 e. The van der Waals surface area contributed by atoms with Gasteiger partial charge in [-0.1, -0.05) is 18.2 Å². The summed E-state index contributed by atoms with van der Waals surface area (Å²) in [5.41, 5.74) is 7.21. The largest absolute Gasteiger partial charge is 0.384 e. The minimum absolute atomic E-state index is 0.0211. The molecule has 1 heterocycles. The number of nitrogen functional groups attached to an aromatic ring is 1. The smallest absolute Gasteiger partial charge is 0.255 e. The van der Waals surface area contributed by atoms with Crippen LogP contribution in [-0.2, 0) is 0 Å². The lowest BCUT2D eigenvalue weighted by Crippen LogP contribution is -2.12. The van der Waals surface area contributed by atoms with Crippen molar-refractivity contribution < 1.29 is 4.79 Å². The first-order valence-corrected chi connectivity index (χ1v) is 6.58. The zero-order valence-electron chi connectivity index (χ0n) is 11.6. The Morgan fingerprint density at radius 3 is 2.23 bits per heavy atom. The average molecular weight is 291 g/mol. The van der Waals surface area contributed by atoms with Gasteiger partial charge in [0.1, 0.15) is 12.2 Å². The Hall–Kier alpha value is -3.28. The minimum Gasteiger partial charge on any atom is -0.384 e. The van der Waals surface area contributed by atoms with Crippen molar-refractivity contribution >= 4 is 28.2 Å². The van der Waals surface area contributed by atoms with Crippen molar-refractivity contribution in [2.75, 3.05) is 5.32 Å². The number of carbonyl (C=O) groups is 1. The second-order valence-corrected chi connectivity index (χ2v) is 4.77. The molecular formula is C16H13N5O. The van der Waals surface area contributed by atoms with Crippen molar-refractivity contribution in [2.24, 2.45) is 5.73 Å². The number of hydrogen-bond acceptors (Lipinski definition) is 4. The minimum atomic E-state index is -0.229. The number of amidine groups is 1. The average Bonchev–Trinajstić information content (AvgIpc) is 2.54. The van der Waals surface area contributed by atoms with Gasteiger partial charge in [0, 0.05) is 11.1 Å². The molecule has 6 heteroatoms. The van der Waals surface area contributed by atoms with Gasteiger partial charge >= 0.3 is 0 Å². The Morgan fingerprint density at radius 2 is 1.59 bits per heavy atom. The van der Waals surface area contributed by atoms with E-state index in [9.17, 15) is 4.79 Å². The first kappa shape index (κ1) is 13.7. The highest BCUT2D eigenvalue weighted by atomic mass is 16.1. The van der Waals surface area contributed by atoms with Gasteiger partial charge in [0.25, 0.3) is 5.91 Å². The van der Waals surface area contributed by atoms with Gasteiger partial charge in [0.15, 0.2) is 0 Å². The molecule has 0 saturated heterocycles. The number of anilines is 1. The molecule has 0 atom stereocenters. The third-order valence-electron chi connectivity index (χ3n) is 3.23. The molecule has 4 N–H and O–H groups in total. The van der Waals surface area contributed by atoms with E-state index in [4.69, 9.17) is 11.1 Å². The lowest BCUT2D eigenvalue weighted by molar-refractivity contribution is 0.102. The molecule has 108 valence electrons. The zero-order valence-corrected chi connectivity index (χ0v) is 11.6. The number of nitrogens with zero attached hydrogens (tertiary/aromatic N) is 2. The number of amides is 1. The van der Waals surface area contributed by atoms with Crippen LogP contribution in [0.25, 0.3) is 10.8 Å². The Bertz CT molecular complexity index is 861. The normalized spacial score (nSPS) is 10.4. The summed E-state index contributed by atoms with van der Waals surface area (Å²) in [5.74, 6) is -0.208. The third kappa shape index (κ3) is 2.76. The Morgan fingerprint density at radius 1 is 1.00 bits per heavy atom. The Labute approximate surface area is 126 Å². The van der Waals surface area contributed by atoms with Gasteiger partial charge in [-0.2, -0.15) is 0 Å². The number of hydrogen-bond donors (Lipinski definition) is 3. The fourth-order valence-electron chi connectivity index (χ4n) is 2.12. The van der Waals surface area contributed by atoms with Crippen molar-refractivity contribution in [3.8, 4) is 0 Å². The van der Waals surface area contributed by atoms with Gasteiger partial charge in [-0.3, -0.25) is 10.2 Å². The lowest BCUT2D eigenvalue weighted by atomic mass is 10.0. The molecule has 0 fully saturated rings. The van der Waals surface area contributed by atoms with Crippen molar-refractivity contribution in [1.29, 1.82) is 5.41 Å². The predicted octanol–water partition coefficient (Wildman–Crippen LogP) is 2.17. The summed E-state index contributed by atoms with van der Waals surface area (Å²) in [4.78, 5) is 19.9. The summed E-state index contributed by atoms with van der Waals surface area (Å²) < 4.78 is 0. The van der Waals surface area contributed by atoms with Crippen LogP contribution in [0.15, 0.2) is 55.1 Å². The first-order valence-electron chi connectivity index (χ1n) is 6.58. The highest BCUT2D eigenvalue weighted by Crippen LogP contribution is 2.18. The van der Waals surface area contributed by atoms with Crippen LogP contribution >= 0.6 is 0 Å². The summed E-state index contributed by atoms with van der Waals surface area (Å²) >= 11 is 0. The van der Waals surface area contributed by atoms with Crippen molar-refractivity contribution in [3.63, 3.8) is 0 Å². The number of nitrogens with one attached hydrogen (secondary N) is 2. The highest BCUT2D eigenvalue weighted by Gasteiger charge is 2.08. The van der Waals surface area contributed by atoms with Crippen LogP contribution in [0.3, 0.4) is 0 Å². The molecular weight excluding hydrogens is 278 g/mol. The summed E-state index contributed by atoms with van der Waals surface area (Å²) in [6, 6.07) is 10.8. The molecule has 22 heavy (non-hydrogen) atoms. The summed E-state index contributed by atoms with van der Waals surface area (Å²) in [7, 11) is 0. The molecule has 0 saturated carbocycles. The van der Waals surface area contributed by atoms with E-state index in [-0.39, 0.29) is 11.7 Å². The van der Waals surface area contributed by atoms with Gasteiger partial charge in [-0.15, -0.1) is 0 Å². The third-order valence-corrected chi connectivity index (χ3v) is 3.23. The van der Waals surface area contributed by atoms with E-state index in [1.807, 2.05) is 18.2 Å². The van der Waals surface area contributed by atoms with E-state index >= 15 is 0 Å². The molecule has 0 bridgehead atoms. The summed E-state index contributed by atoms with van der Waals surface area (Å²) in [6.45, 7) is 0. The van der Waals surface area contributed by atoms with Gasteiger partial charge in [-0.05, 0) is 29.0 Å². The van der Waals surface area contributed by atoms with E-state index in [1.165, 1.54) is 18.7 Å². The van der Waals surface area contributed by atoms with Crippen LogP contribution in [0, 0.1) is 5.41 Å². The van der Waals surface area contributed by atoms with Gasteiger partial charge < -0.3 is 11.1 Å². The van der Waals surface area contributed by atoms with Crippen LogP contribution in [0.4, 0.5) is 5.69 Å². The van der Waals surface area contributed by atoms with Crippen LogP contribution in [-0.4, -0.2) is 21.7 Å². The van der Waals surface area contributed by atoms with Crippen LogP contribution < -0.4 is 11.1 Å². The monoisotopic (exact) mass is 291 g/mol. The molecule has 0 aliphatic carbocycles. The van der Waals surface area contributed by atoms with Gasteiger partial charge in [0.2, 0.25) is 0 Å². The fourth-order valence-corrected chi connectivity index (χ4v) is 2.12. The molecule has 0 unspecified atom stereocenters. The van der Waals surface area contributed by atoms with Crippen LogP contribution in [0.2, 0.25) is 0 Å². The molecule has 1 amide bonds. The summed E-state index contributed by atoms with van der Waals surface area (Å²) in [6.07, 6.45) is 4.47. The van der Waals surface area contributed by atoms with E-state index in [0.29, 0.717) is 16.8 Å². The number of aromatic nitrogens is 2. The molecule has 0 aliphatic rings. The first-order chi connectivity index (χ1) is 10.6. The molecule has 6 nitrogen and oxygen atoms in total. The molecule has 3 aromatic rings.